The van der Waals surface area contributed by atoms with Crippen molar-refractivity contribution in [1.29, 1.82) is 0 Å². The van der Waals surface area contributed by atoms with E-state index in [-0.39, 0.29) is 12.0 Å². The lowest BCUT2D eigenvalue weighted by atomic mass is 9.83. The molecular formula is C18H28N2O. The number of aryl methyl sites for hydroxylation is 1. The maximum Gasteiger partial charge on any atom is 0.0499 e. The lowest BCUT2D eigenvalue weighted by Crippen LogP contribution is -2.37. The van der Waals surface area contributed by atoms with Crippen molar-refractivity contribution in [3.63, 3.8) is 0 Å². The molecule has 0 aliphatic rings. The van der Waals surface area contributed by atoms with Gasteiger partial charge in [-0.3, -0.25) is 0 Å². The smallest absolute Gasteiger partial charge is 0.0499 e. The lowest BCUT2D eigenvalue weighted by molar-refractivity contribution is 0.113. The van der Waals surface area contributed by atoms with E-state index in [9.17, 15) is 5.11 Å². The van der Waals surface area contributed by atoms with Crippen molar-refractivity contribution in [2.75, 3.05) is 19.7 Å². The first-order chi connectivity index (χ1) is 10.2. The molecule has 3 nitrogen and oxygen atoms in total. The van der Waals surface area contributed by atoms with Crippen LogP contribution in [0.25, 0.3) is 10.9 Å². The van der Waals surface area contributed by atoms with Crippen LogP contribution < -0.4 is 5.32 Å². The van der Waals surface area contributed by atoms with E-state index in [2.05, 4.69) is 60.3 Å². The molecule has 116 valence electrons. The quantitative estimate of drug-likeness (QED) is 0.694. The average Bonchev–Trinajstić information content (AvgIpc) is 2.95. The molecule has 0 fully saturated rings. The predicted molar refractivity (Wildman–Crippen MR) is 89.5 cm³/mol. The number of rotatable bonds is 9. The fourth-order valence-corrected chi connectivity index (χ4v) is 2.84. The minimum absolute atomic E-state index is 0.0557. The standard InChI is InChI=1S/C18H28N2O/c1-3-18(4-2,15-21)14-19-11-7-12-20-13-10-16-8-5-6-9-17(16)20/h5-6,8-10,13,19,21H,3-4,7,11-12,14-15H2,1-2H3. The molecule has 0 atom stereocenters. The molecule has 0 unspecified atom stereocenters. The van der Waals surface area contributed by atoms with Crippen LogP contribution in [0.5, 0.6) is 0 Å². The highest BCUT2D eigenvalue weighted by atomic mass is 16.3. The summed E-state index contributed by atoms with van der Waals surface area (Å²) < 4.78 is 2.32. The molecule has 2 N–H and O–H groups in total. The Hall–Kier alpha value is -1.32. The summed E-state index contributed by atoms with van der Waals surface area (Å²) in [6.45, 7) is 7.53. The fraction of sp³-hybridized carbons (Fsp3) is 0.556. The number of hydrogen-bond donors (Lipinski definition) is 2. The van der Waals surface area contributed by atoms with E-state index >= 15 is 0 Å². The van der Waals surface area contributed by atoms with Gasteiger partial charge in [-0.05, 0) is 43.3 Å². The highest BCUT2D eigenvalue weighted by Gasteiger charge is 2.24. The fourth-order valence-electron chi connectivity index (χ4n) is 2.84. The SMILES string of the molecule is CCC(CC)(CO)CNCCCn1ccc2ccccc21. The Morgan fingerprint density at radius 1 is 1.14 bits per heavy atom. The first kappa shape index (κ1) is 16.1. The number of para-hydroxylation sites is 1. The Labute approximate surface area is 128 Å². The Morgan fingerprint density at radius 3 is 2.62 bits per heavy atom. The number of nitrogens with one attached hydrogen (secondary N) is 1. The van der Waals surface area contributed by atoms with Gasteiger partial charge in [0.15, 0.2) is 0 Å². The van der Waals surface area contributed by atoms with Crippen LogP contribution in [0.4, 0.5) is 0 Å². The second-order valence-electron chi connectivity index (χ2n) is 5.96. The van der Waals surface area contributed by atoms with Gasteiger partial charge in [0.2, 0.25) is 0 Å². The zero-order valence-corrected chi connectivity index (χ0v) is 13.3. The number of benzene rings is 1. The number of nitrogens with zero attached hydrogens (tertiary/aromatic N) is 1. The zero-order valence-electron chi connectivity index (χ0n) is 13.3. The van der Waals surface area contributed by atoms with Crippen LogP contribution >= 0.6 is 0 Å². The molecule has 0 bridgehead atoms. The molecule has 2 aromatic rings. The predicted octanol–water partition coefficient (Wildman–Crippen LogP) is 3.42. The summed E-state index contributed by atoms with van der Waals surface area (Å²) in [6, 6.07) is 10.7. The van der Waals surface area contributed by atoms with E-state index in [0.29, 0.717) is 0 Å². The second-order valence-corrected chi connectivity index (χ2v) is 5.96. The van der Waals surface area contributed by atoms with Gasteiger partial charge in [-0.25, -0.2) is 0 Å². The number of fused-ring (bicyclic) bond motifs is 1. The van der Waals surface area contributed by atoms with E-state index in [4.69, 9.17) is 0 Å². The monoisotopic (exact) mass is 288 g/mol. The molecular weight excluding hydrogens is 260 g/mol. The van der Waals surface area contributed by atoms with Crippen LogP contribution in [0.1, 0.15) is 33.1 Å². The minimum atomic E-state index is 0.0557. The molecule has 0 aliphatic heterocycles. The maximum absolute atomic E-state index is 9.56. The Kier molecular flexibility index (Phi) is 5.83. The molecule has 0 saturated carbocycles. The Bertz CT molecular complexity index is 535. The van der Waals surface area contributed by atoms with E-state index in [1.807, 2.05) is 0 Å². The molecule has 0 saturated heterocycles. The van der Waals surface area contributed by atoms with Gasteiger partial charge in [0, 0.05) is 36.8 Å². The highest BCUT2D eigenvalue weighted by molar-refractivity contribution is 5.79. The van der Waals surface area contributed by atoms with E-state index in [0.717, 1.165) is 38.9 Å². The topological polar surface area (TPSA) is 37.2 Å². The van der Waals surface area contributed by atoms with Crippen LogP contribution in [0.15, 0.2) is 36.5 Å². The molecule has 0 radical (unpaired) electrons. The van der Waals surface area contributed by atoms with E-state index in [1.165, 1.54) is 10.9 Å². The third-order valence-corrected chi connectivity index (χ3v) is 4.77. The van der Waals surface area contributed by atoms with E-state index in [1.54, 1.807) is 0 Å². The van der Waals surface area contributed by atoms with E-state index < -0.39 is 0 Å². The molecule has 2 rings (SSSR count). The van der Waals surface area contributed by atoms with Gasteiger partial charge < -0.3 is 15.0 Å². The minimum Gasteiger partial charge on any atom is -0.396 e. The summed E-state index contributed by atoms with van der Waals surface area (Å²) >= 11 is 0. The Morgan fingerprint density at radius 2 is 1.90 bits per heavy atom. The summed E-state index contributed by atoms with van der Waals surface area (Å²) in [6.07, 6.45) is 5.32. The number of hydrogen-bond acceptors (Lipinski definition) is 2. The lowest BCUT2D eigenvalue weighted by Gasteiger charge is -2.29. The van der Waals surface area contributed by atoms with Gasteiger partial charge in [0.05, 0.1) is 0 Å². The second kappa shape index (κ2) is 7.62. The maximum atomic E-state index is 9.56. The molecule has 0 spiro atoms. The van der Waals surface area contributed by atoms with Crippen LogP contribution in [0, 0.1) is 5.41 Å². The van der Waals surface area contributed by atoms with Crippen molar-refractivity contribution < 1.29 is 5.11 Å². The van der Waals surface area contributed by atoms with Crippen molar-refractivity contribution in [2.24, 2.45) is 5.41 Å². The molecule has 1 aromatic carbocycles. The molecule has 21 heavy (non-hydrogen) atoms. The summed E-state index contributed by atoms with van der Waals surface area (Å²) in [5, 5.41) is 14.4. The van der Waals surface area contributed by atoms with Gasteiger partial charge in [-0.15, -0.1) is 0 Å². The van der Waals surface area contributed by atoms with Crippen LogP contribution in [0.2, 0.25) is 0 Å². The molecule has 1 aromatic heterocycles. The van der Waals surface area contributed by atoms with Gasteiger partial charge in [-0.2, -0.15) is 0 Å². The van der Waals surface area contributed by atoms with Gasteiger partial charge in [0.1, 0.15) is 0 Å². The number of aromatic nitrogens is 1. The van der Waals surface area contributed by atoms with Crippen LogP contribution in [0.3, 0.4) is 0 Å². The largest absolute Gasteiger partial charge is 0.396 e. The first-order valence-corrected chi connectivity index (χ1v) is 8.10. The summed E-state index contributed by atoms with van der Waals surface area (Å²) in [7, 11) is 0. The molecule has 3 heteroatoms. The van der Waals surface area contributed by atoms with Gasteiger partial charge in [-0.1, -0.05) is 32.0 Å². The molecule has 0 aliphatic carbocycles. The van der Waals surface area contributed by atoms with Gasteiger partial charge >= 0.3 is 0 Å². The van der Waals surface area contributed by atoms with Crippen LogP contribution in [-0.2, 0) is 6.54 Å². The summed E-state index contributed by atoms with van der Waals surface area (Å²) in [5.41, 5.74) is 1.37. The van der Waals surface area contributed by atoms with Crippen molar-refractivity contribution in [1.82, 2.24) is 9.88 Å². The van der Waals surface area contributed by atoms with Crippen molar-refractivity contribution in [3.05, 3.63) is 36.5 Å². The highest BCUT2D eigenvalue weighted by Crippen LogP contribution is 2.24. The van der Waals surface area contributed by atoms with Crippen molar-refractivity contribution in [3.8, 4) is 0 Å². The third kappa shape index (κ3) is 3.86. The Balaban J connectivity index is 1.77. The van der Waals surface area contributed by atoms with Crippen molar-refractivity contribution in [2.45, 2.75) is 39.7 Å². The number of aliphatic hydroxyl groups is 1. The molecule has 0 amide bonds. The molecule has 1 heterocycles. The zero-order chi connectivity index (χ0) is 15.1. The average molecular weight is 288 g/mol. The normalized spacial score (nSPS) is 12.1. The van der Waals surface area contributed by atoms with Crippen molar-refractivity contribution >= 4 is 10.9 Å². The third-order valence-electron chi connectivity index (χ3n) is 4.77. The number of aliphatic hydroxyl groups excluding tert-OH is 1. The summed E-state index contributed by atoms with van der Waals surface area (Å²) in [5.74, 6) is 0. The first-order valence-electron chi connectivity index (χ1n) is 8.10. The van der Waals surface area contributed by atoms with Crippen LogP contribution in [-0.4, -0.2) is 29.4 Å². The summed E-state index contributed by atoms with van der Waals surface area (Å²) in [4.78, 5) is 0. The van der Waals surface area contributed by atoms with Gasteiger partial charge in [0.25, 0.3) is 0 Å².